The molecule has 0 bridgehead atoms. The molecular formula is C16H30F3N3O2. The van der Waals surface area contributed by atoms with Gasteiger partial charge in [0.1, 0.15) is 6.04 Å². The highest BCUT2D eigenvalue weighted by Crippen LogP contribution is 2.28. The molecule has 1 fully saturated rings. The van der Waals surface area contributed by atoms with Gasteiger partial charge in [-0.2, -0.15) is 13.2 Å². The molecule has 5 nitrogen and oxygen atoms in total. The van der Waals surface area contributed by atoms with E-state index in [0.717, 1.165) is 0 Å². The third-order valence-electron chi connectivity index (χ3n) is 3.81. The Hall–Kier alpha value is -0.860. The smallest absolute Gasteiger partial charge is 0.379 e. The van der Waals surface area contributed by atoms with E-state index in [1.54, 1.807) is 4.90 Å². The van der Waals surface area contributed by atoms with Crippen LogP contribution in [0.5, 0.6) is 0 Å². The number of hydrogen-bond donors (Lipinski definition) is 1. The predicted molar refractivity (Wildman–Crippen MR) is 86.8 cm³/mol. The first-order valence-electron chi connectivity index (χ1n) is 8.53. The van der Waals surface area contributed by atoms with Crippen LogP contribution in [-0.2, 0) is 9.53 Å². The summed E-state index contributed by atoms with van der Waals surface area (Å²) in [5.74, 6) is -0.232. The van der Waals surface area contributed by atoms with Crippen molar-refractivity contribution in [3.63, 3.8) is 0 Å². The van der Waals surface area contributed by atoms with E-state index in [0.29, 0.717) is 32.7 Å². The molecule has 8 heteroatoms. The molecule has 1 N–H and O–H groups in total. The number of amides is 1. The van der Waals surface area contributed by atoms with Crippen molar-refractivity contribution < 1.29 is 22.7 Å². The summed E-state index contributed by atoms with van der Waals surface area (Å²) in [6, 6.07) is -1.55. The van der Waals surface area contributed by atoms with E-state index in [1.807, 2.05) is 27.7 Å². The Morgan fingerprint density at radius 3 is 2.46 bits per heavy atom. The molecule has 0 aromatic heterocycles. The summed E-state index contributed by atoms with van der Waals surface area (Å²) < 4.78 is 45.4. The third kappa shape index (κ3) is 7.81. The molecule has 0 aromatic carbocycles. The topological polar surface area (TPSA) is 44.8 Å². The van der Waals surface area contributed by atoms with Crippen molar-refractivity contribution in [1.82, 2.24) is 15.1 Å². The largest absolute Gasteiger partial charge is 0.405 e. The van der Waals surface area contributed by atoms with Gasteiger partial charge in [0.25, 0.3) is 0 Å². The maximum atomic E-state index is 13.3. The Labute approximate surface area is 142 Å². The lowest BCUT2D eigenvalue weighted by Crippen LogP contribution is -2.60. The summed E-state index contributed by atoms with van der Waals surface area (Å²) in [7, 11) is 0. The molecule has 0 radical (unpaired) electrons. The predicted octanol–water partition coefficient (Wildman–Crippen LogP) is 1.87. The van der Waals surface area contributed by atoms with Crippen molar-refractivity contribution in [3.05, 3.63) is 0 Å². The molecule has 0 unspecified atom stereocenters. The maximum Gasteiger partial charge on any atom is 0.405 e. The van der Waals surface area contributed by atoms with Crippen LogP contribution in [0.3, 0.4) is 0 Å². The van der Waals surface area contributed by atoms with E-state index in [2.05, 4.69) is 5.32 Å². The highest BCUT2D eigenvalue weighted by Gasteiger charge is 2.46. The highest BCUT2D eigenvalue weighted by atomic mass is 19.4. The molecule has 1 rings (SSSR count). The fraction of sp³-hybridized carbons (Fsp3) is 0.938. The van der Waals surface area contributed by atoms with Crippen LogP contribution in [0.2, 0.25) is 0 Å². The number of piperazine rings is 1. The van der Waals surface area contributed by atoms with Crippen molar-refractivity contribution in [2.75, 3.05) is 39.3 Å². The Morgan fingerprint density at radius 1 is 1.25 bits per heavy atom. The number of nitrogens with one attached hydrogen (secondary N) is 1. The molecule has 1 aliphatic heterocycles. The van der Waals surface area contributed by atoms with E-state index < -0.39 is 12.2 Å². The van der Waals surface area contributed by atoms with Crippen molar-refractivity contribution in [2.24, 2.45) is 0 Å². The van der Waals surface area contributed by atoms with Crippen LogP contribution in [0, 0.1) is 0 Å². The van der Waals surface area contributed by atoms with E-state index >= 15 is 0 Å². The summed E-state index contributed by atoms with van der Waals surface area (Å²) in [5.41, 5.74) is 0. The lowest BCUT2D eigenvalue weighted by molar-refractivity contribution is -0.197. The molecule has 1 aliphatic rings. The van der Waals surface area contributed by atoms with Gasteiger partial charge in [0.2, 0.25) is 5.91 Å². The molecule has 0 saturated carbocycles. The highest BCUT2D eigenvalue weighted by molar-refractivity contribution is 5.78. The Kier molecular flexibility index (Phi) is 8.45. The minimum atomic E-state index is -4.30. The van der Waals surface area contributed by atoms with Gasteiger partial charge in [-0.25, -0.2) is 0 Å². The first-order valence-corrected chi connectivity index (χ1v) is 8.53. The first-order chi connectivity index (χ1) is 11.1. The zero-order valence-electron chi connectivity index (χ0n) is 15.0. The lowest BCUT2D eigenvalue weighted by Gasteiger charge is -2.41. The van der Waals surface area contributed by atoms with Gasteiger partial charge >= 0.3 is 6.18 Å². The fourth-order valence-electron chi connectivity index (χ4n) is 2.76. The van der Waals surface area contributed by atoms with Gasteiger partial charge in [-0.3, -0.25) is 14.6 Å². The SMILES string of the molecule is CC(C)NC(=O)CN1CCN(CCCOC(C)C)[C@@H](C(F)(F)F)C1. The number of alkyl halides is 3. The Morgan fingerprint density at radius 2 is 1.92 bits per heavy atom. The van der Waals surface area contributed by atoms with Gasteiger partial charge in [0.15, 0.2) is 0 Å². The quantitative estimate of drug-likeness (QED) is 0.677. The average Bonchev–Trinajstić information content (AvgIpc) is 2.42. The summed E-state index contributed by atoms with van der Waals surface area (Å²) in [6.45, 7) is 8.88. The van der Waals surface area contributed by atoms with Gasteiger partial charge in [-0.05, 0) is 34.1 Å². The molecule has 0 spiro atoms. The number of carbonyl (C=O) groups is 1. The summed E-state index contributed by atoms with van der Waals surface area (Å²) in [4.78, 5) is 14.8. The van der Waals surface area contributed by atoms with Crippen LogP contribution in [0.4, 0.5) is 13.2 Å². The number of carbonyl (C=O) groups excluding carboxylic acids is 1. The van der Waals surface area contributed by atoms with Gasteiger partial charge < -0.3 is 10.1 Å². The second kappa shape index (κ2) is 9.58. The maximum absolute atomic E-state index is 13.3. The van der Waals surface area contributed by atoms with Gasteiger partial charge in [0.05, 0.1) is 12.6 Å². The molecule has 1 atom stereocenters. The monoisotopic (exact) mass is 353 g/mol. The zero-order valence-corrected chi connectivity index (χ0v) is 15.0. The molecule has 0 aliphatic carbocycles. The standard InChI is InChI=1S/C16H30F3N3O2/c1-12(2)20-15(23)11-21-7-8-22(6-5-9-24-13(3)4)14(10-21)16(17,18)19/h12-14H,5-11H2,1-4H3,(H,20,23)/t14-/m1/s1. The second-order valence-corrected chi connectivity index (χ2v) is 6.82. The van der Waals surface area contributed by atoms with E-state index in [-0.39, 0.29) is 31.1 Å². The second-order valence-electron chi connectivity index (χ2n) is 6.82. The van der Waals surface area contributed by atoms with Crippen molar-refractivity contribution in [3.8, 4) is 0 Å². The molecule has 1 heterocycles. The zero-order chi connectivity index (χ0) is 18.3. The van der Waals surface area contributed by atoms with Crippen LogP contribution in [0.1, 0.15) is 34.1 Å². The Balaban J connectivity index is 2.53. The number of halogens is 3. The molecule has 0 aromatic rings. The van der Waals surface area contributed by atoms with Gasteiger partial charge in [-0.15, -0.1) is 0 Å². The number of hydrogen-bond acceptors (Lipinski definition) is 4. The normalized spacial score (nSPS) is 20.8. The van der Waals surface area contributed by atoms with Gasteiger partial charge in [-0.1, -0.05) is 0 Å². The number of nitrogens with zero attached hydrogens (tertiary/aromatic N) is 2. The van der Waals surface area contributed by atoms with E-state index in [1.165, 1.54) is 4.90 Å². The van der Waals surface area contributed by atoms with Crippen LogP contribution >= 0.6 is 0 Å². The van der Waals surface area contributed by atoms with Crippen LogP contribution in [-0.4, -0.2) is 79.4 Å². The van der Waals surface area contributed by atoms with Crippen LogP contribution in [0.25, 0.3) is 0 Å². The third-order valence-corrected chi connectivity index (χ3v) is 3.81. The van der Waals surface area contributed by atoms with Crippen molar-refractivity contribution >= 4 is 5.91 Å². The first kappa shape index (κ1) is 21.2. The minimum Gasteiger partial charge on any atom is -0.379 e. The lowest BCUT2D eigenvalue weighted by atomic mass is 10.1. The molecule has 24 heavy (non-hydrogen) atoms. The minimum absolute atomic E-state index is 0.00899. The van der Waals surface area contributed by atoms with Crippen LogP contribution in [0.15, 0.2) is 0 Å². The van der Waals surface area contributed by atoms with Gasteiger partial charge in [0, 0.05) is 38.8 Å². The summed E-state index contributed by atoms with van der Waals surface area (Å²) in [6.07, 6.45) is -3.65. The molecule has 142 valence electrons. The van der Waals surface area contributed by atoms with E-state index in [4.69, 9.17) is 4.74 Å². The summed E-state index contributed by atoms with van der Waals surface area (Å²) >= 11 is 0. The number of ether oxygens (including phenoxy) is 1. The van der Waals surface area contributed by atoms with Crippen molar-refractivity contribution in [1.29, 1.82) is 0 Å². The Bertz CT molecular complexity index is 389. The molecule has 1 saturated heterocycles. The molecular weight excluding hydrogens is 323 g/mol. The van der Waals surface area contributed by atoms with Crippen LogP contribution < -0.4 is 5.32 Å². The molecule has 1 amide bonds. The summed E-state index contributed by atoms with van der Waals surface area (Å²) in [5, 5.41) is 2.72. The number of rotatable bonds is 8. The fourth-order valence-corrected chi connectivity index (χ4v) is 2.76. The van der Waals surface area contributed by atoms with Crippen molar-refractivity contribution in [2.45, 2.75) is 58.5 Å². The van der Waals surface area contributed by atoms with E-state index in [9.17, 15) is 18.0 Å². The average molecular weight is 353 g/mol.